The van der Waals surface area contributed by atoms with Gasteiger partial charge in [-0.3, -0.25) is 4.79 Å². The summed E-state index contributed by atoms with van der Waals surface area (Å²) in [6.45, 7) is 0. The molecule has 1 aromatic heterocycles. The summed E-state index contributed by atoms with van der Waals surface area (Å²) in [4.78, 5) is 22.9. The smallest absolute Gasteiger partial charge is 0.346 e. The molecule has 0 unspecified atom stereocenters. The SMILES string of the molecule is O=C(Cc1ccccc1)OC(=O)c1ccsc1. The molecular weight excluding hydrogens is 236 g/mol. The van der Waals surface area contributed by atoms with Gasteiger partial charge in [0.25, 0.3) is 0 Å². The molecule has 17 heavy (non-hydrogen) atoms. The van der Waals surface area contributed by atoms with Crippen molar-refractivity contribution in [1.82, 2.24) is 0 Å². The van der Waals surface area contributed by atoms with Crippen molar-refractivity contribution in [3.63, 3.8) is 0 Å². The highest BCUT2D eigenvalue weighted by Crippen LogP contribution is 2.08. The average Bonchev–Trinajstić information content (AvgIpc) is 2.83. The van der Waals surface area contributed by atoms with Gasteiger partial charge in [0.05, 0.1) is 12.0 Å². The Morgan fingerprint density at radius 3 is 2.53 bits per heavy atom. The normalized spacial score (nSPS) is 9.88. The van der Waals surface area contributed by atoms with E-state index >= 15 is 0 Å². The summed E-state index contributed by atoms with van der Waals surface area (Å²) in [7, 11) is 0. The maximum absolute atomic E-state index is 11.5. The molecule has 3 nitrogen and oxygen atoms in total. The molecule has 86 valence electrons. The molecule has 0 atom stereocenters. The van der Waals surface area contributed by atoms with Crippen molar-refractivity contribution >= 4 is 23.3 Å². The van der Waals surface area contributed by atoms with Crippen LogP contribution in [0.15, 0.2) is 47.2 Å². The van der Waals surface area contributed by atoms with E-state index in [0.717, 1.165) is 5.56 Å². The third kappa shape index (κ3) is 3.26. The Bertz CT molecular complexity index is 503. The van der Waals surface area contributed by atoms with E-state index in [1.165, 1.54) is 11.3 Å². The van der Waals surface area contributed by atoms with Gasteiger partial charge in [-0.25, -0.2) is 4.79 Å². The van der Waals surface area contributed by atoms with Crippen LogP contribution in [0.1, 0.15) is 15.9 Å². The molecule has 0 aliphatic rings. The molecule has 1 aromatic carbocycles. The van der Waals surface area contributed by atoms with Crippen LogP contribution in [-0.2, 0) is 16.0 Å². The lowest BCUT2D eigenvalue weighted by atomic mass is 10.2. The summed E-state index contributed by atoms with van der Waals surface area (Å²) in [6, 6.07) is 10.8. The van der Waals surface area contributed by atoms with Gasteiger partial charge in [0.1, 0.15) is 0 Å². The van der Waals surface area contributed by atoms with Crippen LogP contribution >= 0.6 is 11.3 Å². The minimum absolute atomic E-state index is 0.108. The Morgan fingerprint density at radius 2 is 1.88 bits per heavy atom. The summed E-state index contributed by atoms with van der Waals surface area (Å²) in [5.74, 6) is -1.13. The van der Waals surface area contributed by atoms with E-state index in [1.807, 2.05) is 30.3 Å². The summed E-state index contributed by atoms with van der Waals surface area (Å²) < 4.78 is 4.73. The zero-order valence-electron chi connectivity index (χ0n) is 8.96. The van der Waals surface area contributed by atoms with Crippen molar-refractivity contribution in [3.05, 3.63) is 58.3 Å². The molecule has 0 fully saturated rings. The van der Waals surface area contributed by atoms with Gasteiger partial charge in [-0.15, -0.1) is 0 Å². The third-order valence-electron chi connectivity index (χ3n) is 2.15. The van der Waals surface area contributed by atoms with Gasteiger partial charge in [0, 0.05) is 5.38 Å². The number of thiophene rings is 1. The molecule has 2 aromatic rings. The van der Waals surface area contributed by atoms with Crippen LogP contribution in [0.3, 0.4) is 0 Å². The second-order valence-electron chi connectivity index (χ2n) is 3.44. The molecule has 1 heterocycles. The molecule has 0 spiro atoms. The Kier molecular flexibility index (Phi) is 3.67. The van der Waals surface area contributed by atoms with Gasteiger partial charge in [0.15, 0.2) is 0 Å². The number of esters is 2. The van der Waals surface area contributed by atoms with Crippen LogP contribution < -0.4 is 0 Å². The van der Waals surface area contributed by atoms with Crippen LogP contribution in [-0.4, -0.2) is 11.9 Å². The number of hydrogen-bond acceptors (Lipinski definition) is 4. The van der Waals surface area contributed by atoms with E-state index in [0.29, 0.717) is 5.56 Å². The summed E-state index contributed by atoms with van der Waals surface area (Å²) in [6.07, 6.45) is 0.108. The van der Waals surface area contributed by atoms with Crippen molar-refractivity contribution in [1.29, 1.82) is 0 Å². The molecule has 0 amide bonds. The van der Waals surface area contributed by atoms with E-state index < -0.39 is 11.9 Å². The molecule has 0 aliphatic heterocycles. The summed E-state index contributed by atoms with van der Waals surface area (Å²) in [5, 5.41) is 3.41. The van der Waals surface area contributed by atoms with E-state index in [1.54, 1.807) is 16.8 Å². The fourth-order valence-electron chi connectivity index (χ4n) is 1.34. The van der Waals surface area contributed by atoms with Crippen LogP contribution in [0.4, 0.5) is 0 Å². The van der Waals surface area contributed by atoms with Gasteiger partial charge in [-0.05, 0) is 17.0 Å². The fraction of sp³-hybridized carbons (Fsp3) is 0.0769. The maximum atomic E-state index is 11.5. The number of benzene rings is 1. The number of hydrogen-bond donors (Lipinski definition) is 0. The first-order valence-electron chi connectivity index (χ1n) is 5.07. The Balaban J connectivity index is 1.92. The molecule has 0 saturated carbocycles. The van der Waals surface area contributed by atoms with Gasteiger partial charge in [0.2, 0.25) is 0 Å². The third-order valence-corrected chi connectivity index (χ3v) is 2.84. The standard InChI is InChI=1S/C13H10O3S/c14-12(8-10-4-2-1-3-5-10)16-13(15)11-6-7-17-9-11/h1-7,9H,8H2. The highest BCUT2D eigenvalue weighted by molar-refractivity contribution is 7.08. The van der Waals surface area contributed by atoms with Gasteiger partial charge < -0.3 is 4.74 Å². The Labute approximate surface area is 103 Å². The minimum atomic E-state index is -0.591. The van der Waals surface area contributed by atoms with Crippen LogP contribution in [0.2, 0.25) is 0 Å². The van der Waals surface area contributed by atoms with Crippen molar-refractivity contribution in [2.45, 2.75) is 6.42 Å². The molecule has 0 saturated heterocycles. The molecule has 4 heteroatoms. The van der Waals surface area contributed by atoms with Crippen molar-refractivity contribution < 1.29 is 14.3 Å². The van der Waals surface area contributed by atoms with Crippen LogP contribution in [0, 0.1) is 0 Å². The predicted molar refractivity (Wildman–Crippen MR) is 64.9 cm³/mol. The van der Waals surface area contributed by atoms with Gasteiger partial charge in [-0.2, -0.15) is 11.3 Å². The predicted octanol–water partition coefficient (Wildman–Crippen LogP) is 2.67. The fourth-order valence-corrected chi connectivity index (χ4v) is 1.97. The van der Waals surface area contributed by atoms with Crippen molar-refractivity contribution in [2.75, 3.05) is 0 Å². The van der Waals surface area contributed by atoms with Gasteiger partial charge >= 0.3 is 11.9 Å². The maximum Gasteiger partial charge on any atom is 0.346 e. The van der Waals surface area contributed by atoms with E-state index in [4.69, 9.17) is 4.74 Å². The zero-order chi connectivity index (χ0) is 12.1. The topological polar surface area (TPSA) is 43.4 Å². The van der Waals surface area contributed by atoms with E-state index in [-0.39, 0.29) is 6.42 Å². The molecule has 2 rings (SSSR count). The largest absolute Gasteiger partial charge is 0.389 e. The average molecular weight is 246 g/mol. The number of ether oxygens (including phenoxy) is 1. The number of rotatable bonds is 3. The molecule has 0 aliphatic carbocycles. The van der Waals surface area contributed by atoms with Crippen molar-refractivity contribution in [2.24, 2.45) is 0 Å². The Morgan fingerprint density at radius 1 is 1.12 bits per heavy atom. The first kappa shape index (κ1) is 11.5. The zero-order valence-corrected chi connectivity index (χ0v) is 9.78. The highest BCUT2D eigenvalue weighted by atomic mass is 32.1. The molecule has 0 N–H and O–H groups in total. The van der Waals surface area contributed by atoms with Crippen LogP contribution in [0.25, 0.3) is 0 Å². The second kappa shape index (κ2) is 5.41. The summed E-state index contributed by atoms with van der Waals surface area (Å²) >= 11 is 1.39. The van der Waals surface area contributed by atoms with Gasteiger partial charge in [-0.1, -0.05) is 30.3 Å². The number of carbonyl (C=O) groups is 2. The lowest BCUT2D eigenvalue weighted by Gasteiger charge is -2.01. The van der Waals surface area contributed by atoms with Crippen LogP contribution in [0.5, 0.6) is 0 Å². The first-order valence-corrected chi connectivity index (χ1v) is 6.01. The second-order valence-corrected chi connectivity index (χ2v) is 4.22. The molecular formula is C13H10O3S. The lowest BCUT2D eigenvalue weighted by Crippen LogP contribution is -2.14. The molecule has 0 radical (unpaired) electrons. The Hall–Kier alpha value is -1.94. The first-order chi connectivity index (χ1) is 8.25. The lowest BCUT2D eigenvalue weighted by molar-refractivity contribution is -0.137. The van der Waals surface area contributed by atoms with E-state index in [2.05, 4.69) is 0 Å². The highest BCUT2D eigenvalue weighted by Gasteiger charge is 2.13. The monoisotopic (exact) mass is 246 g/mol. The minimum Gasteiger partial charge on any atom is -0.389 e. The van der Waals surface area contributed by atoms with Crippen molar-refractivity contribution in [3.8, 4) is 0 Å². The molecule has 0 bridgehead atoms. The quantitative estimate of drug-likeness (QED) is 0.617. The number of carbonyl (C=O) groups excluding carboxylic acids is 2. The summed E-state index contributed by atoms with van der Waals surface area (Å²) in [5.41, 5.74) is 1.24. The van der Waals surface area contributed by atoms with E-state index in [9.17, 15) is 9.59 Å².